The van der Waals surface area contributed by atoms with Crippen LogP contribution in [-0.2, 0) is 9.59 Å². The lowest BCUT2D eigenvalue weighted by atomic mass is 9.80. The second-order valence-electron chi connectivity index (χ2n) is 3.26. The topological polar surface area (TPSA) is 58.2 Å². The van der Waals surface area contributed by atoms with Crippen LogP contribution in [0.3, 0.4) is 0 Å². The molecule has 0 spiro atoms. The van der Waals surface area contributed by atoms with Gasteiger partial charge in [-0.1, -0.05) is 18.2 Å². The molecule has 0 bridgehead atoms. The molecule has 2 N–H and O–H groups in total. The molecule has 1 heterocycles. The number of carbonyl (C=O) groups is 2. The average molecular weight is 194 g/mol. The second kappa shape index (κ2) is 4.09. The van der Waals surface area contributed by atoms with Crippen LogP contribution in [0.15, 0.2) is 24.8 Å². The Hall–Kier alpha value is -1.58. The summed E-state index contributed by atoms with van der Waals surface area (Å²) < 4.78 is 0. The van der Waals surface area contributed by atoms with Gasteiger partial charge >= 0.3 is 0 Å². The Kier molecular flexibility index (Phi) is 3.06. The molecular formula is C10H14N2O2. The number of amides is 2. The van der Waals surface area contributed by atoms with Crippen LogP contribution >= 0.6 is 0 Å². The van der Waals surface area contributed by atoms with Crippen LogP contribution in [0.5, 0.6) is 0 Å². The van der Waals surface area contributed by atoms with Crippen LogP contribution in [0.25, 0.3) is 0 Å². The lowest BCUT2D eigenvalue weighted by molar-refractivity contribution is -0.135. The predicted molar refractivity (Wildman–Crippen MR) is 53.0 cm³/mol. The summed E-state index contributed by atoms with van der Waals surface area (Å²) in [6.45, 7) is 5.42. The zero-order valence-electron chi connectivity index (χ0n) is 8.17. The SMILES string of the molecule is C=CCC1(CC=CC)C(=O)NNC1=O. The van der Waals surface area contributed by atoms with E-state index in [4.69, 9.17) is 0 Å². The third-order valence-corrected chi connectivity index (χ3v) is 2.35. The van der Waals surface area contributed by atoms with E-state index in [1.807, 2.05) is 19.1 Å². The number of hydrogen-bond acceptors (Lipinski definition) is 2. The van der Waals surface area contributed by atoms with E-state index in [0.717, 1.165) is 0 Å². The van der Waals surface area contributed by atoms with E-state index in [2.05, 4.69) is 17.4 Å². The zero-order valence-corrected chi connectivity index (χ0v) is 8.17. The highest BCUT2D eigenvalue weighted by Gasteiger charge is 2.48. The predicted octanol–water partition coefficient (Wildman–Crippen LogP) is 0.676. The summed E-state index contributed by atoms with van der Waals surface area (Å²) in [5.74, 6) is -0.555. The standard InChI is InChI=1S/C10H14N2O2/c1-3-5-7-10(6-4-2)8(13)11-12-9(10)14/h3-5H,2,6-7H2,1H3,(H,11,13)(H,12,14). The van der Waals surface area contributed by atoms with Crippen LogP contribution in [0.2, 0.25) is 0 Å². The Morgan fingerprint density at radius 2 is 1.86 bits per heavy atom. The maximum Gasteiger partial charge on any atom is 0.254 e. The molecule has 4 nitrogen and oxygen atoms in total. The van der Waals surface area contributed by atoms with Crippen LogP contribution in [0, 0.1) is 5.41 Å². The first-order chi connectivity index (χ1) is 6.67. The van der Waals surface area contributed by atoms with Crippen molar-refractivity contribution in [3.8, 4) is 0 Å². The van der Waals surface area contributed by atoms with Crippen molar-refractivity contribution in [1.29, 1.82) is 0 Å². The van der Waals surface area contributed by atoms with Gasteiger partial charge in [0.1, 0.15) is 5.41 Å². The molecule has 0 aromatic carbocycles. The molecule has 1 rings (SSSR count). The lowest BCUT2D eigenvalue weighted by Gasteiger charge is -2.18. The third kappa shape index (κ3) is 1.55. The number of nitrogens with one attached hydrogen (secondary N) is 2. The van der Waals surface area contributed by atoms with E-state index in [-0.39, 0.29) is 11.8 Å². The van der Waals surface area contributed by atoms with Gasteiger partial charge in [-0.05, 0) is 19.8 Å². The summed E-state index contributed by atoms with van der Waals surface area (Å²) in [7, 11) is 0. The molecule has 0 aromatic rings. The molecule has 0 aliphatic carbocycles. The molecule has 76 valence electrons. The molecular weight excluding hydrogens is 180 g/mol. The van der Waals surface area contributed by atoms with Gasteiger partial charge in [0.05, 0.1) is 0 Å². The minimum atomic E-state index is -0.992. The first-order valence-electron chi connectivity index (χ1n) is 4.50. The van der Waals surface area contributed by atoms with Gasteiger partial charge in [0.2, 0.25) is 0 Å². The van der Waals surface area contributed by atoms with E-state index in [0.29, 0.717) is 12.8 Å². The number of carbonyl (C=O) groups excluding carboxylic acids is 2. The maximum absolute atomic E-state index is 11.5. The molecule has 1 fully saturated rings. The summed E-state index contributed by atoms with van der Waals surface area (Å²) in [6, 6.07) is 0. The van der Waals surface area contributed by atoms with E-state index in [9.17, 15) is 9.59 Å². The van der Waals surface area contributed by atoms with Crippen LogP contribution in [0.1, 0.15) is 19.8 Å². The average Bonchev–Trinajstić information content (AvgIpc) is 2.44. The Morgan fingerprint density at radius 3 is 2.29 bits per heavy atom. The van der Waals surface area contributed by atoms with E-state index >= 15 is 0 Å². The molecule has 1 aliphatic heterocycles. The fraction of sp³-hybridized carbons (Fsp3) is 0.400. The maximum atomic E-state index is 11.5. The first kappa shape index (κ1) is 10.5. The van der Waals surface area contributed by atoms with Gasteiger partial charge in [-0.25, -0.2) is 0 Å². The van der Waals surface area contributed by atoms with Gasteiger partial charge in [-0.3, -0.25) is 20.4 Å². The van der Waals surface area contributed by atoms with Gasteiger partial charge in [-0.2, -0.15) is 0 Å². The molecule has 0 unspecified atom stereocenters. The van der Waals surface area contributed by atoms with Crippen molar-refractivity contribution in [3.63, 3.8) is 0 Å². The molecule has 0 saturated carbocycles. The first-order valence-corrected chi connectivity index (χ1v) is 4.50. The van der Waals surface area contributed by atoms with Gasteiger partial charge in [-0.15, -0.1) is 6.58 Å². The van der Waals surface area contributed by atoms with Gasteiger partial charge < -0.3 is 0 Å². The summed E-state index contributed by atoms with van der Waals surface area (Å²) in [6.07, 6.45) is 5.99. The highest BCUT2D eigenvalue weighted by Crippen LogP contribution is 2.31. The normalized spacial score (nSPS) is 19.5. The van der Waals surface area contributed by atoms with E-state index in [1.165, 1.54) is 0 Å². The zero-order chi connectivity index (χ0) is 10.6. The number of allylic oxidation sites excluding steroid dienone is 3. The van der Waals surface area contributed by atoms with Crippen molar-refractivity contribution >= 4 is 11.8 Å². The van der Waals surface area contributed by atoms with Crippen molar-refractivity contribution < 1.29 is 9.59 Å². The number of hydrogen-bond donors (Lipinski definition) is 2. The molecule has 0 aromatic heterocycles. The van der Waals surface area contributed by atoms with E-state index in [1.54, 1.807) is 6.08 Å². The Bertz CT molecular complexity index is 278. The van der Waals surface area contributed by atoms with Crippen LogP contribution in [0.4, 0.5) is 0 Å². The summed E-state index contributed by atoms with van der Waals surface area (Å²) in [5.41, 5.74) is 3.68. The van der Waals surface area contributed by atoms with Crippen molar-refractivity contribution in [2.75, 3.05) is 0 Å². The van der Waals surface area contributed by atoms with Gasteiger partial charge in [0, 0.05) is 0 Å². The minimum Gasteiger partial charge on any atom is -0.272 e. The largest absolute Gasteiger partial charge is 0.272 e. The summed E-state index contributed by atoms with van der Waals surface area (Å²) >= 11 is 0. The smallest absolute Gasteiger partial charge is 0.254 e. The lowest BCUT2D eigenvalue weighted by Crippen LogP contribution is -2.34. The van der Waals surface area contributed by atoms with Gasteiger partial charge in [0.25, 0.3) is 11.8 Å². The van der Waals surface area contributed by atoms with Crippen LogP contribution in [-0.4, -0.2) is 11.8 Å². The fourth-order valence-corrected chi connectivity index (χ4v) is 1.48. The van der Waals surface area contributed by atoms with E-state index < -0.39 is 5.41 Å². The summed E-state index contributed by atoms with van der Waals surface area (Å²) in [5, 5.41) is 0. The van der Waals surface area contributed by atoms with Gasteiger partial charge in [0.15, 0.2) is 0 Å². The monoisotopic (exact) mass is 194 g/mol. The van der Waals surface area contributed by atoms with Crippen LogP contribution < -0.4 is 10.9 Å². The molecule has 0 radical (unpaired) electrons. The molecule has 2 amide bonds. The molecule has 1 saturated heterocycles. The fourth-order valence-electron chi connectivity index (χ4n) is 1.48. The number of rotatable bonds is 4. The molecule has 0 atom stereocenters. The quantitative estimate of drug-likeness (QED) is 0.510. The highest BCUT2D eigenvalue weighted by molar-refractivity contribution is 6.10. The van der Waals surface area contributed by atoms with Crippen molar-refractivity contribution in [3.05, 3.63) is 24.8 Å². The minimum absolute atomic E-state index is 0.277. The Labute approximate surface area is 83.0 Å². The van der Waals surface area contributed by atoms with Crippen molar-refractivity contribution in [2.24, 2.45) is 5.41 Å². The second-order valence-corrected chi connectivity index (χ2v) is 3.26. The Morgan fingerprint density at radius 1 is 1.29 bits per heavy atom. The molecule has 1 aliphatic rings. The third-order valence-electron chi connectivity index (χ3n) is 2.35. The van der Waals surface area contributed by atoms with Crippen molar-refractivity contribution in [1.82, 2.24) is 10.9 Å². The molecule has 14 heavy (non-hydrogen) atoms. The highest BCUT2D eigenvalue weighted by atomic mass is 16.2. The van der Waals surface area contributed by atoms with Crippen molar-refractivity contribution in [2.45, 2.75) is 19.8 Å². The molecule has 4 heteroatoms. The summed E-state index contributed by atoms with van der Waals surface area (Å²) in [4.78, 5) is 23.1. The number of hydrazine groups is 1. The Balaban J connectivity index is 2.94.